The van der Waals surface area contributed by atoms with Crippen LogP contribution in [0, 0.1) is 12.7 Å². The van der Waals surface area contributed by atoms with Crippen molar-refractivity contribution in [2.75, 3.05) is 11.4 Å². The van der Waals surface area contributed by atoms with E-state index in [0.717, 1.165) is 12.1 Å². The van der Waals surface area contributed by atoms with Crippen LogP contribution in [-0.4, -0.2) is 49.1 Å². The number of anilines is 1. The number of ether oxygens (including phenoxy) is 1. The van der Waals surface area contributed by atoms with Crippen LogP contribution in [0.15, 0.2) is 18.3 Å². The maximum atomic E-state index is 14.9. The maximum absolute atomic E-state index is 14.9. The van der Waals surface area contributed by atoms with E-state index in [1.165, 1.54) is 11.8 Å². The molecule has 14 heteroatoms. The molecule has 0 aliphatic heterocycles. The Morgan fingerprint density at radius 1 is 1.24 bits per heavy atom. The Kier molecular flexibility index (Phi) is 6.54. The number of amides is 1. The normalized spacial score (nSPS) is 12.4. The number of carboxylic acids is 1. The Balaban J connectivity index is 2.07. The fourth-order valence-corrected chi connectivity index (χ4v) is 4.27. The molecule has 0 aliphatic rings. The molecule has 3 aromatic heterocycles. The standard InChI is InChI=1S/C24H22ClF4N5O4/c1-6-33(22(37)38-23(3,4)5)14-8-11(26)7-12-15-18(16(25)10(2)30-20(15)31-17(12)14)34-9-13(21(35)36)19(32-34)24(27,28)29/h7-9H,6H2,1-5H3,(H,30,31)(H,35,36). The maximum Gasteiger partial charge on any atom is 0.436 e. The van der Waals surface area contributed by atoms with Crippen molar-refractivity contribution in [2.24, 2.45) is 0 Å². The van der Waals surface area contributed by atoms with Crippen LogP contribution in [0.3, 0.4) is 0 Å². The number of aromatic carboxylic acids is 1. The smallest absolute Gasteiger partial charge is 0.436 e. The average molecular weight is 556 g/mol. The van der Waals surface area contributed by atoms with Gasteiger partial charge >= 0.3 is 18.2 Å². The first kappa shape index (κ1) is 27.2. The summed E-state index contributed by atoms with van der Waals surface area (Å²) in [6, 6.07) is 2.21. The Morgan fingerprint density at radius 3 is 2.42 bits per heavy atom. The van der Waals surface area contributed by atoms with Gasteiger partial charge < -0.3 is 14.8 Å². The first-order chi connectivity index (χ1) is 17.5. The van der Waals surface area contributed by atoms with Crippen LogP contribution in [0.2, 0.25) is 5.02 Å². The number of alkyl halides is 3. The van der Waals surface area contributed by atoms with Crippen LogP contribution in [-0.2, 0) is 10.9 Å². The highest BCUT2D eigenvalue weighted by Gasteiger charge is 2.40. The second-order valence-corrected chi connectivity index (χ2v) is 9.80. The molecular formula is C24H22ClF4N5O4. The number of fused-ring (bicyclic) bond motifs is 3. The summed E-state index contributed by atoms with van der Waals surface area (Å²) in [7, 11) is 0. The van der Waals surface area contributed by atoms with Gasteiger partial charge in [-0.3, -0.25) is 4.90 Å². The van der Waals surface area contributed by atoms with E-state index in [1.54, 1.807) is 27.7 Å². The number of nitrogens with zero attached hydrogens (tertiary/aromatic N) is 4. The molecule has 3 heterocycles. The van der Waals surface area contributed by atoms with E-state index in [9.17, 15) is 32.3 Å². The van der Waals surface area contributed by atoms with Crippen molar-refractivity contribution in [1.29, 1.82) is 0 Å². The fraction of sp³-hybridized carbons (Fsp3) is 0.333. The molecule has 0 unspecified atom stereocenters. The summed E-state index contributed by atoms with van der Waals surface area (Å²) in [4.78, 5) is 33.0. The number of aromatic amines is 1. The highest BCUT2D eigenvalue weighted by Crippen LogP contribution is 2.40. The molecule has 0 spiro atoms. The first-order valence-electron chi connectivity index (χ1n) is 11.3. The summed E-state index contributed by atoms with van der Waals surface area (Å²) >= 11 is 6.47. The van der Waals surface area contributed by atoms with Gasteiger partial charge in [0.2, 0.25) is 0 Å². The van der Waals surface area contributed by atoms with Gasteiger partial charge in [0.05, 0.1) is 33.0 Å². The number of H-pyrrole nitrogens is 1. The van der Waals surface area contributed by atoms with Gasteiger partial charge in [-0.05, 0) is 46.8 Å². The van der Waals surface area contributed by atoms with Crippen molar-refractivity contribution in [3.8, 4) is 5.69 Å². The zero-order valence-corrected chi connectivity index (χ0v) is 21.5. The number of carbonyl (C=O) groups excluding carboxylic acids is 1. The molecule has 0 radical (unpaired) electrons. The van der Waals surface area contributed by atoms with Gasteiger partial charge in [-0.25, -0.2) is 23.6 Å². The lowest BCUT2D eigenvalue weighted by Crippen LogP contribution is -2.37. The van der Waals surface area contributed by atoms with Crippen molar-refractivity contribution in [1.82, 2.24) is 19.7 Å². The van der Waals surface area contributed by atoms with Crippen LogP contribution >= 0.6 is 11.6 Å². The Bertz CT molecular complexity index is 1600. The molecule has 4 aromatic rings. The highest BCUT2D eigenvalue weighted by molar-refractivity contribution is 6.35. The van der Waals surface area contributed by atoms with Gasteiger partial charge in [-0.2, -0.15) is 18.3 Å². The summed E-state index contributed by atoms with van der Waals surface area (Å²) in [5.74, 6) is -2.61. The molecule has 0 saturated carbocycles. The lowest BCUT2D eigenvalue weighted by Gasteiger charge is -2.27. The third-order valence-corrected chi connectivity index (χ3v) is 5.99. The molecule has 0 bridgehead atoms. The van der Waals surface area contributed by atoms with Crippen LogP contribution in [0.25, 0.3) is 27.6 Å². The molecule has 0 saturated heterocycles. The summed E-state index contributed by atoms with van der Waals surface area (Å²) in [6.07, 6.45) is -5.13. The number of carbonyl (C=O) groups is 2. The Morgan fingerprint density at radius 2 is 1.89 bits per heavy atom. The summed E-state index contributed by atoms with van der Waals surface area (Å²) in [5.41, 5.74) is -3.09. The molecule has 38 heavy (non-hydrogen) atoms. The van der Waals surface area contributed by atoms with Crippen LogP contribution in [0.1, 0.15) is 49.4 Å². The van der Waals surface area contributed by atoms with E-state index >= 15 is 0 Å². The van der Waals surface area contributed by atoms with Gasteiger partial charge in [-0.15, -0.1) is 0 Å². The van der Waals surface area contributed by atoms with Crippen LogP contribution in [0.5, 0.6) is 0 Å². The number of aromatic nitrogens is 4. The van der Waals surface area contributed by atoms with E-state index in [1.807, 2.05) is 0 Å². The van der Waals surface area contributed by atoms with Crippen LogP contribution in [0.4, 0.5) is 28.0 Å². The number of hydrogen-bond donors (Lipinski definition) is 2. The van der Waals surface area contributed by atoms with E-state index in [-0.39, 0.29) is 50.6 Å². The van der Waals surface area contributed by atoms with Gasteiger partial charge in [-0.1, -0.05) is 11.6 Å². The minimum Gasteiger partial charge on any atom is -0.478 e. The number of pyridine rings is 1. The van der Waals surface area contributed by atoms with E-state index in [0.29, 0.717) is 10.9 Å². The Labute approximate surface area is 217 Å². The molecule has 2 N–H and O–H groups in total. The van der Waals surface area contributed by atoms with Crippen molar-refractivity contribution in [3.05, 3.63) is 46.1 Å². The molecule has 9 nitrogen and oxygen atoms in total. The van der Waals surface area contributed by atoms with Crippen molar-refractivity contribution >= 4 is 51.3 Å². The average Bonchev–Trinajstić information content (AvgIpc) is 3.36. The second-order valence-electron chi connectivity index (χ2n) is 9.42. The zero-order chi connectivity index (χ0) is 28.3. The minimum atomic E-state index is -5.07. The van der Waals surface area contributed by atoms with Crippen molar-refractivity contribution in [3.63, 3.8) is 0 Å². The first-order valence-corrected chi connectivity index (χ1v) is 11.6. The molecule has 4 rings (SSSR count). The predicted molar refractivity (Wildman–Crippen MR) is 132 cm³/mol. The predicted octanol–water partition coefficient (Wildman–Crippen LogP) is 6.48. The van der Waals surface area contributed by atoms with Gasteiger partial charge in [0.25, 0.3) is 0 Å². The fourth-order valence-electron chi connectivity index (χ4n) is 4.05. The number of rotatable bonds is 4. The monoisotopic (exact) mass is 555 g/mol. The molecule has 0 fully saturated rings. The third-order valence-electron chi connectivity index (χ3n) is 5.54. The molecular weight excluding hydrogens is 534 g/mol. The van der Waals surface area contributed by atoms with Gasteiger partial charge in [0, 0.05) is 18.1 Å². The summed E-state index contributed by atoms with van der Waals surface area (Å²) in [6.45, 7) is 8.27. The molecule has 0 atom stereocenters. The third kappa shape index (κ3) is 4.73. The lowest BCUT2D eigenvalue weighted by molar-refractivity contribution is -0.141. The van der Waals surface area contributed by atoms with Gasteiger partial charge in [0.1, 0.15) is 22.6 Å². The SMILES string of the molecule is CCN(C(=O)OC(C)(C)C)c1cc(F)cc2c1[nH]c1nc(C)c(Cl)c(-n3cc(C(=O)O)c(C(F)(F)F)n3)c12. The molecule has 1 aromatic carbocycles. The van der Waals surface area contributed by atoms with Crippen molar-refractivity contribution in [2.45, 2.75) is 46.4 Å². The molecule has 0 aliphatic carbocycles. The van der Waals surface area contributed by atoms with E-state index < -0.39 is 40.9 Å². The summed E-state index contributed by atoms with van der Waals surface area (Å²) in [5, 5.41) is 12.9. The number of halogens is 5. The molecule has 202 valence electrons. The quantitative estimate of drug-likeness (QED) is 0.279. The Hall–Kier alpha value is -3.87. The van der Waals surface area contributed by atoms with E-state index in [4.69, 9.17) is 16.3 Å². The number of nitrogens with one attached hydrogen (secondary N) is 1. The largest absolute Gasteiger partial charge is 0.478 e. The van der Waals surface area contributed by atoms with E-state index in [2.05, 4.69) is 15.1 Å². The zero-order valence-electron chi connectivity index (χ0n) is 20.8. The van der Waals surface area contributed by atoms with Crippen molar-refractivity contribution < 1.29 is 37.0 Å². The topological polar surface area (TPSA) is 113 Å². The molecule has 1 amide bonds. The number of carboxylic acid groups (broad SMARTS) is 1. The van der Waals surface area contributed by atoms with Crippen LogP contribution < -0.4 is 4.90 Å². The summed E-state index contributed by atoms with van der Waals surface area (Å²) < 4.78 is 61.8. The van der Waals surface area contributed by atoms with Gasteiger partial charge in [0.15, 0.2) is 5.69 Å². The number of hydrogen-bond acceptors (Lipinski definition) is 5. The number of aryl methyl sites for hydroxylation is 1. The lowest BCUT2D eigenvalue weighted by atomic mass is 10.1. The minimum absolute atomic E-state index is 0.0738. The highest BCUT2D eigenvalue weighted by atomic mass is 35.5. The number of benzene rings is 1. The second kappa shape index (κ2) is 9.15.